The van der Waals surface area contributed by atoms with Crippen molar-refractivity contribution < 1.29 is 46.9 Å². The molecule has 0 radical (unpaired) electrons. The van der Waals surface area contributed by atoms with Gasteiger partial charge in [0.25, 0.3) is 0 Å². The van der Waals surface area contributed by atoms with Crippen molar-refractivity contribution in [3.63, 3.8) is 0 Å². The molecule has 0 fully saturated rings. The molecule has 0 aliphatic heterocycles. The highest BCUT2D eigenvalue weighted by atomic mass is 19.4. The Morgan fingerprint density at radius 2 is 1.44 bits per heavy atom. The van der Waals surface area contributed by atoms with Gasteiger partial charge in [-0.05, 0) is 24.2 Å². The molecular weight excluding hydrogens is 266 g/mol. The predicted molar refractivity (Wildman–Crippen MR) is 48.9 cm³/mol. The quantitative estimate of drug-likeness (QED) is 0.647. The maximum Gasteiger partial charge on any atom is 0.707 e. The Bertz CT molecular complexity index is 554. The van der Waals surface area contributed by atoms with Crippen LogP contribution in [-0.2, 0) is 0 Å². The Morgan fingerprint density at radius 3 is 1.83 bits per heavy atom. The van der Waals surface area contributed by atoms with Gasteiger partial charge in [-0.3, -0.25) is 0 Å². The predicted octanol–water partition coefficient (Wildman–Crippen LogP) is 1.57. The molecule has 4 nitrogen and oxygen atoms in total. The van der Waals surface area contributed by atoms with Crippen molar-refractivity contribution in [2.75, 3.05) is 0 Å². The van der Waals surface area contributed by atoms with Gasteiger partial charge in [0, 0.05) is 0 Å². The minimum absolute atomic E-state index is 1.06. The van der Waals surface area contributed by atoms with E-state index in [0.717, 1.165) is 0 Å². The zero-order valence-electron chi connectivity index (χ0n) is 12.2. The first kappa shape index (κ1) is 9.39. The summed E-state index contributed by atoms with van der Waals surface area (Å²) in [6.07, 6.45) is -11.9. The van der Waals surface area contributed by atoms with Crippen molar-refractivity contribution in [3.8, 4) is 11.5 Å². The molecule has 0 aliphatic carbocycles. The molecule has 0 aromatic heterocycles. The van der Waals surface area contributed by atoms with Crippen molar-refractivity contribution in [1.29, 1.82) is 0 Å². The number of alkyl halides is 5. The fraction of sp³-hybridized carbons (Fsp3) is 0.250. The first-order valence-electron chi connectivity index (χ1n) is 6.06. The summed E-state index contributed by atoms with van der Waals surface area (Å²) in [7, 11) is -2.56. The van der Waals surface area contributed by atoms with E-state index in [1.165, 1.54) is 0 Å². The standard InChI is InChI=1S/C8H6BF5O4/c10-7(11,12)8(13,14)17-5-1-3-6(4-2-5)18-9(15)16/h1-4,15-16H/i1D,2D,3D,4D. The average Bonchev–Trinajstić information content (AvgIpc) is 2.36. The first-order chi connectivity index (χ1) is 9.79. The van der Waals surface area contributed by atoms with Crippen LogP contribution in [0.3, 0.4) is 0 Å². The molecule has 0 unspecified atom stereocenters. The molecule has 0 heterocycles. The van der Waals surface area contributed by atoms with Crippen molar-refractivity contribution in [2.45, 2.75) is 12.3 Å². The van der Waals surface area contributed by atoms with E-state index < -0.39 is 55.3 Å². The summed E-state index contributed by atoms with van der Waals surface area (Å²) in [6.45, 7) is 0. The highest BCUT2D eigenvalue weighted by Crippen LogP contribution is 2.37. The Kier molecular flexibility index (Phi) is 2.60. The number of hydrogen-bond donors (Lipinski definition) is 2. The van der Waals surface area contributed by atoms with Gasteiger partial charge < -0.3 is 19.4 Å². The molecule has 18 heavy (non-hydrogen) atoms. The lowest BCUT2D eigenvalue weighted by Gasteiger charge is -2.20. The summed E-state index contributed by atoms with van der Waals surface area (Å²) in [5, 5.41) is 17.1. The molecule has 1 aromatic rings. The molecule has 0 saturated carbocycles. The summed E-state index contributed by atoms with van der Waals surface area (Å²) in [5.74, 6) is -2.73. The maximum atomic E-state index is 12.8. The number of rotatable bonds is 4. The molecule has 0 bridgehead atoms. The summed E-state index contributed by atoms with van der Waals surface area (Å²) in [6, 6.07) is -5.30. The summed E-state index contributed by atoms with van der Waals surface area (Å²) < 4.78 is 98.2. The second-order valence-electron chi connectivity index (χ2n) is 2.72. The number of benzene rings is 1. The minimum Gasteiger partial charge on any atom is -0.512 e. The lowest BCUT2D eigenvalue weighted by atomic mass is 10.2. The van der Waals surface area contributed by atoms with Crippen LogP contribution in [0.4, 0.5) is 22.0 Å². The first-order valence-corrected chi connectivity index (χ1v) is 4.06. The third-order valence-corrected chi connectivity index (χ3v) is 1.36. The van der Waals surface area contributed by atoms with Crippen LogP contribution in [0, 0.1) is 0 Å². The molecule has 0 spiro atoms. The smallest absolute Gasteiger partial charge is 0.512 e. The molecule has 10 heteroatoms. The fourth-order valence-electron chi connectivity index (χ4n) is 0.691. The van der Waals surface area contributed by atoms with Crippen molar-refractivity contribution in [2.24, 2.45) is 0 Å². The van der Waals surface area contributed by atoms with E-state index in [9.17, 15) is 22.0 Å². The molecule has 0 atom stereocenters. The van der Waals surface area contributed by atoms with Gasteiger partial charge in [0.05, 0.1) is 5.48 Å². The van der Waals surface area contributed by atoms with E-state index in [-0.39, 0.29) is 0 Å². The van der Waals surface area contributed by atoms with Crippen molar-refractivity contribution in [1.82, 2.24) is 0 Å². The molecule has 100 valence electrons. The van der Waals surface area contributed by atoms with Gasteiger partial charge >= 0.3 is 19.6 Å². The SMILES string of the molecule is [2H]c1c([2H])c(OC(F)(F)C(F)(F)F)c([2H])c([2H])c1OB(O)O. The molecule has 0 amide bonds. The largest absolute Gasteiger partial charge is 0.707 e. The zero-order chi connectivity index (χ0) is 17.5. The van der Waals surface area contributed by atoms with E-state index in [1.807, 2.05) is 0 Å². The Hall–Kier alpha value is -1.55. The number of ether oxygens (including phenoxy) is 1. The molecule has 1 rings (SSSR count). The second-order valence-corrected chi connectivity index (χ2v) is 2.72. The lowest BCUT2D eigenvalue weighted by molar-refractivity contribution is -0.360. The van der Waals surface area contributed by atoms with Crippen molar-refractivity contribution in [3.05, 3.63) is 24.2 Å². The second kappa shape index (κ2) is 4.98. The van der Waals surface area contributed by atoms with Gasteiger partial charge in [-0.2, -0.15) is 22.0 Å². The van der Waals surface area contributed by atoms with E-state index in [1.54, 1.807) is 0 Å². The highest BCUT2D eigenvalue weighted by Gasteiger charge is 2.61. The molecule has 0 aliphatic rings. The fourth-order valence-corrected chi connectivity index (χ4v) is 0.691. The van der Waals surface area contributed by atoms with Crippen LogP contribution in [-0.4, -0.2) is 29.7 Å². The Morgan fingerprint density at radius 1 is 1.00 bits per heavy atom. The van der Waals surface area contributed by atoms with E-state index >= 15 is 0 Å². The van der Waals surface area contributed by atoms with Gasteiger partial charge in [0.1, 0.15) is 11.5 Å². The lowest BCUT2D eigenvalue weighted by Crippen LogP contribution is -2.41. The highest BCUT2D eigenvalue weighted by molar-refractivity contribution is 6.33. The van der Waals surface area contributed by atoms with E-state index in [4.69, 9.17) is 15.5 Å². The van der Waals surface area contributed by atoms with Crippen LogP contribution in [0.25, 0.3) is 0 Å². The normalized spacial score (nSPS) is 15.3. The summed E-state index contributed by atoms with van der Waals surface area (Å²) in [5.41, 5.74) is 0. The molecule has 1 aromatic carbocycles. The van der Waals surface area contributed by atoms with Crippen LogP contribution >= 0.6 is 0 Å². The van der Waals surface area contributed by atoms with Gasteiger partial charge in [-0.25, -0.2) is 0 Å². The molecule has 0 saturated heterocycles. The Balaban J connectivity index is 3.41. The van der Waals surface area contributed by atoms with Crippen LogP contribution in [0.15, 0.2) is 24.2 Å². The topological polar surface area (TPSA) is 58.9 Å². The third-order valence-electron chi connectivity index (χ3n) is 1.36. The van der Waals surface area contributed by atoms with Crippen LogP contribution in [0.1, 0.15) is 5.48 Å². The van der Waals surface area contributed by atoms with E-state index in [2.05, 4.69) is 9.39 Å². The van der Waals surface area contributed by atoms with Crippen molar-refractivity contribution >= 4 is 7.32 Å². The van der Waals surface area contributed by atoms with Crippen LogP contribution < -0.4 is 9.39 Å². The Labute approximate surface area is 103 Å². The minimum atomic E-state index is -6.15. The molecular formula is C8H6BF5O4. The van der Waals surface area contributed by atoms with Gasteiger partial charge in [-0.15, -0.1) is 0 Å². The summed E-state index contributed by atoms with van der Waals surface area (Å²) in [4.78, 5) is 0. The maximum absolute atomic E-state index is 12.8. The van der Waals surface area contributed by atoms with Gasteiger partial charge in [0.2, 0.25) is 0 Å². The van der Waals surface area contributed by atoms with Gasteiger partial charge in [-0.1, -0.05) is 0 Å². The molecule has 2 N–H and O–H groups in total. The van der Waals surface area contributed by atoms with Gasteiger partial charge in [0.15, 0.2) is 0 Å². The van der Waals surface area contributed by atoms with E-state index in [0.29, 0.717) is 0 Å². The van der Waals surface area contributed by atoms with Crippen LogP contribution in [0.5, 0.6) is 11.5 Å². The number of halogens is 5. The monoisotopic (exact) mass is 276 g/mol. The summed E-state index contributed by atoms with van der Waals surface area (Å²) >= 11 is 0. The number of hydrogen-bond acceptors (Lipinski definition) is 4. The third kappa shape index (κ3) is 3.74. The average molecular weight is 276 g/mol. The van der Waals surface area contributed by atoms with Crippen LogP contribution in [0.2, 0.25) is 0 Å². The zero-order valence-corrected chi connectivity index (χ0v) is 8.18.